The Morgan fingerprint density at radius 3 is 2.48 bits per heavy atom. The van der Waals surface area contributed by atoms with Gasteiger partial charge in [-0.1, -0.05) is 54.6 Å². The maximum Gasteiger partial charge on any atom is 0.255 e. The Bertz CT molecular complexity index is 1000. The Kier molecular flexibility index (Phi) is 4.42. The summed E-state index contributed by atoms with van der Waals surface area (Å²) in [5.74, 6) is 0.0670. The molecule has 2 heterocycles. The lowest BCUT2D eigenvalue weighted by Gasteiger charge is -2.27. The first-order valence-corrected chi connectivity index (χ1v) is 8.82. The third-order valence-electron chi connectivity index (χ3n) is 4.66. The molecule has 0 aliphatic carbocycles. The van der Waals surface area contributed by atoms with Crippen LogP contribution >= 0.6 is 0 Å². The van der Waals surface area contributed by atoms with E-state index in [1.807, 2.05) is 67.6 Å². The number of hydrogen-bond donors (Lipinski definition) is 1. The number of aromatic nitrogens is 1. The smallest absolute Gasteiger partial charge is 0.255 e. The summed E-state index contributed by atoms with van der Waals surface area (Å²) in [7, 11) is 0. The second-order valence-electron chi connectivity index (χ2n) is 6.56. The number of pyridine rings is 1. The third-order valence-corrected chi connectivity index (χ3v) is 4.66. The molecule has 4 rings (SSSR count). The zero-order chi connectivity index (χ0) is 18.8. The molecule has 0 saturated carbocycles. The van der Waals surface area contributed by atoms with E-state index in [1.165, 1.54) is 0 Å². The lowest BCUT2D eigenvalue weighted by molar-refractivity contribution is -0.120. The maximum absolute atomic E-state index is 13.2. The number of aryl methyl sites for hydroxylation is 1. The fourth-order valence-corrected chi connectivity index (χ4v) is 3.40. The van der Waals surface area contributed by atoms with Gasteiger partial charge in [-0.25, -0.2) is 4.98 Å². The Hall–Kier alpha value is -3.47. The van der Waals surface area contributed by atoms with Crippen molar-refractivity contribution in [2.24, 2.45) is 0 Å². The van der Waals surface area contributed by atoms with Crippen LogP contribution < -0.4 is 5.32 Å². The number of fused-ring (bicyclic) bond motifs is 1. The summed E-state index contributed by atoms with van der Waals surface area (Å²) >= 11 is 0. The number of nitrogens with zero attached hydrogens (tertiary/aromatic N) is 2. The number of carbonyl (C=O) groups is 2. The molecular weight excluding hydrogens is 338 g/mol. The van der Waals surface area contributed by atoms with Gasteiger partial charge < -0.3 is 10.2 Å². The van der Waals surface area contributed by atoms with Gasteiger partial charge in [0.1, 0.15) is 11.9 Å². The topological polar surface area (TPSA) is 62.3 Å². The Morgan fingerprint density at radius 1 is 1.00 bits per heavy atom. The van der Waals surface area contributed by atoms with Crippen LogP contribution in [-0.2, 0) is 11.3 Å². The molecule has 0 saturated heterocycles. The van der Waals surface area contributed by atoms with E-state index in [0.717, 1.165) is 16.8 Å². The van der Waals surface area contributed by atoms with Gasteiger partial charge in [0.25, 0.3) is 11.8 Å². The van der Waals surface area contributed by atoms with Crippen molar-refractivity contribution in [3.8, 4) is 0 Å². The summed E-state index contributed by atoms with van der Waals surface area (Å²) in [6.07, 6.45) is 0. The molecule has 2 aromatic carbocycles. The minimum Gasteiger partial charge on any atom is -0.318 e. The van der Waals surface area contributed by atoms with Crippen molar-refractivity contribution in [2.45, 2.75) is 19.5 Å². The van der Waals surface area contributed by atoms with Crippen molar-refractivity contribution in [1.82, 2.24) is 9.88 Å². The fourth-order valence-electron chi connectivity index (χ4n) is 3.40. The van der Waals surface area contributed by atoms with E-state index in [2.05, 4.69) is 10.3 Å². The maximum atomic E-state index is 13.2. The molecule has 0 bridgehead atoms. The number of carbonyl (C=O) groups excluding carboxylic acids is 2. The van der Waals surface area contributed by atoms with Crippen molar-refractivity contribution < 1.29 is 9.59 Å². The average molecular weight is 357 g/mol. The van der Waals surface area contributed by atoms with Crippen LogP contribution in [0.25, 0.3) is 0 Å². The first kappa shape index (κ1) is 17.0. The monoisotopic (exact) mass is 357 g/mol. The van der Waals surface area contributed by atoms with Gasteiger partial charge in [0.2, 0.25) is 0 Å². The molecule has 134 valence electrons. The molecule has 3 aromatic rings. The van der Waals surface area contributed by atoms with Crippen LogP contribution in [0.2, 0.25) is 0 Å². The van der Waals surface area contributed by atoms with E-state index in [1.54, 1.807) is 17.0 Å². The van der Waals surface area contributed by atoms with Crippen LogP contribution in [0.1, 0.15) is 33.2 Å². The van der Waals surface area contributed by atoms with Crippen LogP contribution in [0.4, 0.5) is 5.82 Å². The molecule has 1 atom stereocenters. The average Bonchev–Trinajstić information content (AvgIpc) is 3.00. The van der Waals surface area contributed by atoms with E-state index >= 15 is 0 Å². The van der Waals surface area contributed by atoms with E-state index in [4.69, 9.17) is 0 Å². The number of amides is 2. The van der Waals surface area contributed by atoms with E-state index in [0.29, 0.717) is 17.9 Å². The molecule has 0 fully saturated rings. The van der Waals surface area contributed by atoms with Gasteiger partial charge >= 0.3 is 0 Å². The zero-order valence-electron chi connectivity index (χ0n) is 14.9. The second-order valence-corrected chi connectivity index (χ2v) is 6.56. The second kappa shape index (κ2) is 7.03. The molecule has 1 aliphatic rings. The lowest BCUT2D eigenvalue weighted by Crippen LogP contribution is -2.37. The van der Waals surface area contributed by atoms with Gasteiger partial charge in [0.15, 0.2) is 0 Å². The third kappa shape index (κ3) is 3.31. The highest BCUT2D eigenvalue weighted by Gasteiger charge is 2.37. The predicted octanol–water partition coefficient (Wildman–Crippen LogP) is 3.73. The number of nitrogens with one attached hydrogen (secondary N) is 1. The van der Waals surface area contributed by atoms with Crippen molar-refractivity contribution >= 4 is 17.6 Å². The van der Waals surface area contributed by atoms with E-state index in [9.17, 15) is 9.59 Å². The Balaban J connectivity index is 1.68. The van der Waals surface area contributed by atoms with Crippen LogP contribution in [0.5, 0.6) is 0 Å². The summed E-state index contributed by atoms with van der Waals surface area (Å²) in [5, 5.41) is 2.86. The highest BCUT2D eigenvalue weighted by Crippen LogP contribution is 2.32. The molecule has 27 heavy (non-hydrogen) atoms. The highest BCUT2D eigenvalue weighted by molar-refractivity contribution is 6.03. The SMILES string of the molecule is Cc1cccc(NC(=O)C(c2ccccc2)N2Cc3ccccc3C2=O)n1. The van der Waals surface area contributed by atoms with Crippen molar-refractivity contribution in [3.63, 3.8) is 0 Å². The Labute approximate surface area is 157 Å². The quantitative estimate of drug-likeness (QED) is 0.774. The number of hydrogen-bond acceptors (Lipinski definition) is 3. The van der Waals surface area contributed by atoms with E-state index in [-0.39, 0.29) is 11.8 Å². The molecule has 5 nitrogen and oxygen atoms in total. The summed E-state index contributed by atoms with van der Waals surface area (Å²) in [6.45, 7) is 2.27. The molecule has 0 radical (unpaired) electrons. The van der Waals surface area contributed by atoms with Crippen molar-refractivity contribution in [3.05, 3.63) is 95.2 Å². The van der Waals surface area contributed by atoms with Gasteiger partial charge in [0, 0.05) is 17.8 Å². The summed E-state index contributed by atoms with van der Waals surface area (Å²) in [6, 6.07) is 21.6. The molecule has 1 aliphatic heterocycles. The van der Waals surface area contributed by atoms with Gasteiger partial charge in [-0.2, -0.15) is 0 Å². The van der Waals surface area contributed by atoms with Gasteiger partial charge in [0.05, 0.1) is 0 Å². The number of benzene rings is 2. The van der Waals surface area contributed by atoms with Gasteiger partial charge in [-0.3, -0.25) is 9.59 Å². The van der Waals surface area contributed by atoms with Gasteiger partial charge in [-0.15, -0.1) is 0 Å². The van der Waals surface area contributed by atoms with Crippen LogP contribution in [0, 0.1) is 6.92 Å². The molecule has 1 unspecified atom stereocenters. The van der Waals surface area contributed by atoms with Crippen LogP contribution in [0.15, 0.2) is 72.8 Å². The Morgan fingerprint density at radius 2 is 1.74 bits per heavy atom. The number of rotatable bonds is 4. The number of anilines is 1. The van der Waals surface area contributed by atoms with Crippen LogP contribution in [0.3, 0.4) is 0 Å². The first-order valence-electron chi connectivity index (χ1n) is 8.82. The standard InChI is InChI=1S/C22H19N3O2/c1-15-8-7-13-19(23-15)24-21(26)20(16-9-3-2-4-10-16)25-14-17-11-5-6-12-18(17)22(25)27/h2-13,20H,14H2,1H3,(H,23,24,26). The normalized spacial score (nSPS) is 14.0. The van der Waals surface area contributed by atoms with Crippen molar-refractivity contribution in [1.29, 1.82) is 0 Å². The summed E-state index contributed by atoms with van der Waals surface area (Å²) in [5.41, 5.74) is 3.17. The minimum absolute atomic E-state index is 0.133. The minimum atomic E-state index is -0.728. The first-order chi connectivity index (χ1) is 13.1. The van der Waals surface area contributed by atoms with E-state index < -0.39 is 6.04 Å². The zero-order valence-corrected chi connectivity index (χ0v) is 14.9. The molecule has 5 heteroatoms. The molecule has 2 amide bonds. The van der Waals surface area contributed by atoms with Gasteiger partial charge in [-0.05, 0) is 36.2 Å². The highest BCUT2D eigenvalue weighted by atomic mass is 16.2. The summed E-state index contributed by atoms with van der Waals surface area (Å²) in [4.78, 5) is 32.1. The molecule has 0 spiro atoms. The van der Waals surface area contributed by atoms with Crippen molar-refractivity contribution in [2.75, 3.05) is 5.32 Å². The summed E-state index contributed by atoms with van der Waals surface area (Å²) < 4.78 is 0. The van der Waals surface area contributed by atoms with Crippen LogP contribution in [-0.4, -0.2) is 21.7 Å². The fraction of sp³-hybridized carbons (Fsp3) is 0.136. The predicted molar refractivity (Wildman–Crippen MR) is 103 cm³/mol. The molecule has 1 aromatic heterocycles. The molecular formula is C22H19N3O2. The largest absolute Gasteiger partial charge is 0.318 e. The molecule has 1 N–H and O–H groups in total. The lowest BCUT2D eigenvalue weighted by atomic mass is 10.0.